The maximum absolute atomic E-state index is 12.5. The highest BCUT2D eigenvalue weighted by atomic mass is 16.1. The van der Waals surface area contributed by atoms with E-state index in [0.717, 1.165) is 30.1 Å². The largest absolute Gasteiger partial charge is 0.296 e. The number of likely N-dealkylation sites (tertiary alicyclic amines) is 1. The van der Waals surface area contributed by atoms with Crippen molar-refractivity contribution in [2.24, 2.45) is 11.3 Å². The summed E-state index contributed by atoms with van der Waals surface area (Å²) in [6.45, 7) is 11.7. The molecule has 0 spiro atoms. The number of nitrogens with zero attached hydrogens (tertiary/aromatic N) is 1. The van der Waals surface area contributed by atoms with Crippen molar-refractivity contribution < 1.29 is 4.79 Å². The first-order valence-electron chi connectivity index (χ1n) is 8.19. The molecule has 1 heterocycles. The molecule has 1 atom stereocenters. The molecule has 2 rings (SSSR count). The lowest BCUT2D eigenvalue weighted by Gasteiger charge is -2.29. The molecule has 0 bridgehead atoms. The minimum Gasteiger partial charge on any atom is -0.296 e. The summed E-state index contributed by atoms with van der Waals surface area (Å²) in [5, 5.41) is 0. The van der Waals surface area contributed by atoms with E-state index in [1.54, 1.807) is 0 Å². The summed E-state index contributed by atoms with van der Waals surface area (Å²) in [5.41, 5.74) is 2.36. The number of carbonyl (C=O) groups is 1. The second kappa shape index (κ2) is 6.74. The van der Waals surface area contributed by atoms with Gasteiger partial charge in [-0.05, 0) is 56.2 Å². The Hall–Kier alpha value is -1.15. The summed E-state index contributed by atoms with van der Waals surface area (Å²) in [7, 11) is 0. The van der Waals surface area contributed by atoms with Gasteiger partial charge in [0, 0.05) is 5.56 Å². The number of carbonyl (C=O) groups excluding carboxylic acids is 1. The quantitative estimate of drug-likeness (QED) is 0.771. The Balaban J connectivity index is 1.95. The molecule has 0 amide bonds. The molecule has 0 saturated carbocycles. The van der Waals surface area contributed by atoms with Gasteiger partial charge in [0.15, 0.2) is 5.78 Å². The zero-order valence-corrected chi connectivity index (χ0v) is 14.0. The highest BCUT2D eigenvalue weighted by Gasteiger charge is 2.27. The Bertz CT molecular complexity index is 487. The summed E-state index contributed by atoms with van der Waals surface area (Å²) in [5.74, 6) is 1.04. The SMILES string of the molecule is Cc1ccccc1C(=O)CN1CCCC(C(C)(C)C)CC1. The van der Waals surface area contributed by atoms with Crippen molar-refractivity contribution in [3.8, 4) is 0 Å². The number of Topliss-reactive ketones (excluding diaryl/α,β-unsaturated/α-hetero) is 1. The van der Waals surface area contributed by atoms with Gasteiger partial charge in [0.05, 0.1) is 6.54 Å². The predicted octanol–water partition coefficient (Wildman–Crippen LogP) is 4.33. The zero-order chi connectivity index (χ0) is 15.5. The Labute approximate surface area is 129 Å². The molecule has 0 radical (unpaired) electrons. The third-order valence-corrected chi connectivity index (χ3v) is 4.86. The Morgan fingerprint density at radius 1 is 1.19 bits per heavy atom. The van der Waals surface area contributed by atoms with Crippen molar-refractivity contribution in [3.05, 3.63) is 35.4 Å². The lowest BCUT2D eigenvalue weighted by atomic mass is 9.77. The molecule has 2 heteroatoms. The van der Waals surface area contributed by atoms with Crippen LogP contribution in [0.25, 0.3) is 0 Å². The Kier molecular flexibility index (Phi) is 5.21. The van der Waals surface area contributed by atoms with Gasteiger partial charge in [-0.2, -0.15) is 0 Å². The van der Waals surface area contributed by atoms with E-state index >= 15 is 0 Å². The van der Waals surface area contributed by atoms with Crippen molar-refractivity contribution in [1.82, 2.24) is 4.90 Å². The smallest absolute Gasteiger partial charge is 0.177 e. The molecule has 1 unspecified atom stereocenters. The van der Waals surface area contributed by atoms with Crippen LogP contribution in [-0.2, 0) is 0 Å². The van der Waals surface area contributed by atoms with E-state index in [-0.39, 0.29) is 5.78 Å². The van der Waals surface area contributed by atoms with E-state index < -0.39 is 0 Å². The van der Waals surface area contributed by atoms with E-state index in [4.69, 9.17) is 0 Å². The number of benzene rings is 1. The third kappa shape index (κ3) is 4.41. The summed E-state index contributed by atoms with van der Waals surface area (Å²) >= 11 is 0. The lowest BCUT2D eigenvalue weighted by Crippen LogP contribution is -2.31. The molecular formula is C19H29NO. The fraction of sp³-hybridized carbons (Fsp3) is 0.632. The normalized spacial score (nSPS) is 21.0. The second-order valence-corrected chi connectivity index (χ2v) is 7.51. The van der Waals surface area contributed by atoms with Crippen LogP contribution < -0.4 is 0 Å². The maximum Gasteiger partial charge on any atom is 0.177 e. The molecule has 2 nitrogen and oxygen atoms in total. The number of aryl methyl sites for hydroxylation is 1. The van der Waals surface area contributed by atoms with Crippen LogP contribution in [0.1, 0.15) is 56.0 Å². The summed E-state index contributed by atoms with van der Waals surface area (Å²) in [6, 6.07) is 7.92. The van der Waals surface area contributed by atoms with Gasteiger partial charge in [0.1, 0.15) is 0 Å². The van der Waals surface area contributed by atoms with Crippen LogP contribution in [0.15, 0.2) is 24.3 Å². The first-order valence-corrected chi connectivity index (χ1v) is 8.19. The minimum atomic E-state index is 0.266. The average molecular weight is 287 g/mol. The molecule has 1 aliphatic rings. The fourth-order valence-corrected chi connectivity index (χ4v) is 3.35. The van der Waals surface area contributed by atoms with Crippen molar-refractivity contribution in [2.75, 3.05) is 19.6 Å². The van der Waals surface area contributed by atoms with E-state index in [1.807, 2.05) is 31.2 Å². The minimum absolute atomic E-state index is 0.266. The molecule has 0 aromatic heterocycles. The van der Waals surface area contributed by atoms with Gasteiger partial charge in [-0.25, -0.2) is 0 Å². The molecule has 0 aliphatic carbocycles. The third-order valence-electron chi connectivity index (χ3n) is 4.86. The monoisotopic (exact) mass is 287 g/mol. The van der Waals surface area contributed by atoms with Crippen LogP contribution in [0.3, 0.4) is 0 Å². The van der Waals surface area contributed by atoms with Crippen LogP contribution in [0.4, 0.5) is 0 Å². The standard InChI is InChI=1S/C19H29NO/c1-15-8-5-6-10-17(15)18(21)14-20-12-7-9-16(11-13-20)19(2,3)4/h5-6,8,10,16H,7,9,11-14H2,1-4H3. The van der Waals surface area contributed by atoms with Crippen LogP contribution in [0.5, 0.6) is 0 Å². The number of ketones is 1. The van der Waals surface area contributed by atoms with Gasteiger partial charge in [-0.1, -0.05) is 45.0 Å². The number of hydrogen-bond donors (Lipinski definition) is 0. The van der Waals surface area contributed by atoms with Crippen LogP contribution >= 0.6 is 0 Å². The summed E-state index contributed by atoms with van der Waals surface area (Å²) in [6.07, 6.45) is 3.71. The molecule has 1 fully saturated rings. The van der Waals surface area contributed by atoms with Crippen LogP contribution in [0.2, 0.25) is 0 Å². The lowest BCUT2D eigenvalue weighted by molar-refractivity contribution is 0.0930. The van der Waals surface area contributed by atoms with E-state index in [2.05, 4.69) is 25.7 Å². The molecule has 1 aromatic rings. The first kappa shape index (κ1) is 16.2. The number of rotatable bonds is 3. The highest BCUT2D eigenvalue weighted by Crippen LogP contribution is 2.34. The maximum atomic E-state index is 12.5. The molecule has 1 aromatic carbocycles. The van der Waals surface area contributed by atoms with Crippen molar-refractivity contribution >= 4 is 5.78 Å². The van der Waals surface area contributed by atoms with Crippen molar-refractivity contribution in [2.45, 2.75) is 47.0 Å². The fourth-order valence-electron chi connectivity index (χ4n) is 3.35. The number of hydrogen-bond acceptors (Lipinski definition) is 2. The molecule has 21 heavy (non-hydrogen) atoms. The summed E-state index contributed by atoms with van der Waals surface area (Å²) < 4.78 is 0. The zero-order valence-electron chi connectivity index (χ0n) is 14.0. The van der Waals surface area contributed by atoms with Crippen LogP contribution in [-0.4, -0.2) is 30.3 Å². The molecular weight excluding hydrogens is 258 g/mol. The molecule has 1 aliphatic heterocycles. The highest BCUT2D eigenvalue weighted by molar-refractivity contribution is 5.98. The van der Waals surface area contributed by atoms with Crippen LogP contribution in [0, 0.1) is 18.3 Å². The van der Waals surface area contributed by atoms with E-state index in [1.165, 1.54) is 19.3 Å². The predicted molar refractivity (Wildman–Crippen MR) is 88.7 cm³/mol. The topological polar surface area (TPSA) is 20.3 Å². The molecule has 116 valence electrons. The van der Waals surface area contributed by atoms with Gasteiger partial charge < -0.3 is 0 Å². The van der Waals surface area contributed by atoms with E-state index in [0.29, 0.717) is 12.0 Å². The van der Waals surface area contributed by atoms with E-state index in [9.17, 15) is 4.79 Å². The second-order valence-electron chi connectivity index (χ2n) is 7.51. The van der Waals surface area contributed by atoms with Gasteiger partial charge in [0.2, 0.25) is 0 Å². The van der Waals surface area contributed by atoms with Gasteiger partial charge in [0.25, 0.3) is 0 Å². The van der Waals surface area contributed by atoms with Gasteiger partial charge in [-0.15, -0.1) is 0 Å². The Morgan fingerprint density at radius 2 is 1.90 bits per heavy atom. The molecule has 0 N–H and O–H groups in total. The van der Waals surface area contributed by atoms with Gasteiger partial charge in [-0.3, -0.25) is 9.69 Å². The molecule has 1 saturated heterocycles. The van der Waals surface area contributed by atoms with Crippen molar-refractivity contribution in [3.63, 3.8) is 0 Å². The first-order chi connectivity index (χ1) is 9.88. The Morgan fingerprint density at radius 3 is 2.57 bits per heavy atom. The van der Waals surface area contributed by atoms with Gasteiger partial charge >= 0.3 is 0 Å². The van der Waals surface area contributed by atoms with Crippen molar-refractivity contribution in [1.29, 1.82) is 0 Å². The summed E-state index contributed by atoms with van der Waals surface area (Å²) in [4.78, 5) is 14.8. The average Bonchev–Trinajstić information content (AvgIpc) is 2.64.